The van der Waals surface area contributed by atoms with Gasteiger partial charge in [0.15, 0.2) is 0 Å². The van der Waals surface area contributed by atoms with E-state index in [1.807, 2.05) is 13.8 Å². The van der Waals surface area contributed by atoms with Crippen molar-refractivity contribution >= 4 is 10.0 Å². The molecule has 1 aromatic rings. The van der Waals surface area contributed by atoms with Gasteiger partial charge in [-0.2, -0.15) is 0 Å². The van der Waals surface area contributed by atoms with E-state index >= 15 is 0 Å². The third-order valence-electron chi connectivity index (χ3n) is 2.82. The van der Waals surface area contributed by atoms with Crippen molar-refractivity contribution in [3.8, 4) is 0 Å². The molecule has 0 aliphatic heterocycles. The summed E-state index contributed by atoms with van der Waals surface area (Å²) in [4.78, 5) is -0.0312. The summed E-state index contributed by atoms with van der Waals surface area (Å²) in [5, 5.41) is 8.91. The predicted octanol–water partition coefficient (Wildman–Crippen LogP) is 1.64. The van der Waals surface area contributed by atoms with E-state index < -0.39 is 22.4 Å². The van der Waals surface area contributed by atoms with Crippen molar-refractivity contribution in [3.05, 3.63) is 29.6 Å². The van der Waals surface area contributed by atoms with Crippen LogP contribution in [-0.2, 0) is 16.6 Å². The van der Waals surface area contributed by atoms with E-state index in [0.29, 0.717) is 6.54 Å². The first kappa shape index (κ1) is 15.1. The van der Waals surface area contributed by atoms with Crippen LogP contribution in [0.15, 0.2) is 23.1 Å². The first-order chi connectivity index (χ1) is 8.40. The van der Waals surface area contributed by atoms with Gasteiger partial charge in [0.05, 0.1) is 11.5 Å². The SMILES string of the molecule is CCC(C)CNS(=O)(=O)c1ccc(F)c(CO)c1. The van der Waals surface area contributed by atoms with E-state index in [-0.39, 0.29) is 16.4 Å². The van der Waals surface area contributed by atoms with Gasteiger partial charge in [-0.1, -0.05) is 20.3 Å². The Kier molecular flexibility index (Phi) is 5.25. The molecule has 102 valence electrons. The van der Waals surface area contributed by atoms with Crippen molar-refractivity contribution < 1.29 is 17.9 Å². The Morgan fingerprint density at radius 3 is 2.67 bits per heavy atom. The molecule has 0 bridgehead atoms. The predicted molar refractivity (Wildman–Crippen MR) is 67.0 cm³/mol. The molecule has 0 spiro atoms. The third kappa shape index (κ3) is 3.76. The Bertz CT molecular complexity index is 502. The van der Waals surface area contributed by atoms with Gasteiger partial charge in [0.25, 0.3) is 0 Å². The van der Waals surface area contributed by atoms with Crippen LogP contribution in [0.2, 0.25) is 0 Å². The number of nitrogens with one attached hydrogen (secondary N) is 1. The van der Waals surface area contributed by atoms with E-state index in [2.05, 4.69) is 4.72 Å². The van der Waals surface area contributed by atoms with Gasteiger partial charge in [0.1, 0.15) is 5.82 Å². The average molecular weight is 275 g/mol. The molecule has 0 aliphatic rings. The molecule has 4 nitrogen and oxygen atoms in total. The zero-order valence-electron chi connectivity index (χ0n) is 10.5. The number of benzene rings is 1. The summed E-state index contributed by atoms with van der Waals surface area (Å²) in [7, 11) is -3.64. The molecule has 1 aromatic carbocycles. The highest BCUT2D eigenvalue weighted by Crippen LogP contribution is 2.15. The second-order valence-electron chi connectivity index (χ2n) is 4.28. The summed E-state index contributed by atoms with van der Waals surface area (Å²) in [5.74, 6) is -0.379. The van der Waals surface area contributed by atoms with Crippen LogP contribution in [0.5, 0.6) is 0 Å². The van der Waals surface area contributed by atoms with Crippen molar-refractivity contribution in [2.24, 2.45) is 5.92 Å². The molecule has 0 saturated carbocycles. The van der Waals surface area contributed by atoms with Crippen molar-refractivity contribution in [2.45, 2.75) is 31.8 Å². The zero-order valence-corrected chi connectivity index (χ0v) is 11.3. The fourth-order valence-corrected chi connectivity index (χ4v) is 2.53. The van der Waals surface area contributed by atoms with E-state index in [4.69, 9.17) is 5.11 Å². The lowest BCUT2D eigenvalue weighted by Gasteiger charge is -2.11. The Morgan fingerprint density at radius 1 is 1.44 bits per heavy atom. The minimum absolute atomic E-state index is 0.0265. The fraction of sp³-hybridized carbons (Fsp3) is 0.500. The van der Waals surface area contributed by atoms with Gasteiger partial charge in [0, 0.05) is 12.1 Å². The Labute approximate surface area is 107 Å². The van der Waals surface area contributed by atoms with E-state index in [1.54, 1.807) is 0 Å². The molecule has 0 amide bonds. The maximum absolute atomic E-state index is 13.2. The Hall–Kier alpha value is -0.980. The molecule has 0 heterocycles. The van der Waals surface area contributed by atoms with Crippen molar-refractivity contribution in [1.29, 1.82) is 0 Å². The van der Waals surface area contributed by atoms with Crippen LogP contribution >= 0.6 is 0 Å². The Balaban J connectivity index is 2.91. The second-order valence-corrected chi connectivity index (χ2v) is 6.04. The van der Waals surface area contributed by atoms with E-state index in [0.717, 1.165) is 18.6 Å². The molecular formula is C12H18FNO3S. The summed E-state index contributed by atoms with van der Waals surface area (Å²) >= 11 is 0. The minimum atomic E-state index is -3.64. The fourth-order valence-electron chi connectivity index (χ4n) is 1.32. The summed E-state index contributed by atoms with van der Waals surface area (Å²) < 4.78 is 39.5. The Morgan fingerprint density at radius 2 is 2.11 bits per heavy atom. The van der Waals surface area contributed by atoms with Crippen LogP contribution in [0.1, 0.15) is 25.8 Å². The minimum Gasteiger partial charge on any atom is -0.392 e. The number of rotatable bonds is 6. The lowest BCUT2D eigenvalue weighted by atomic mass is 10.1. The van der Waals surface area contributed by atoms with Crippen LogP contribution in [0.3, 0.4) is 0 Å². The summed E-state index contributed by atoms with van der Waals surface area (Å²) in [5.41, 5.74) is -0.0265. The maximum atomic E-state index is 13.2. The van der Waals surface area contributed by atoms with Crippen molar-refractivity contribution in [1.82, 2.24) is 4.72 Å². The van der Waals surface area contributed by atoms with Crippen LogP contribution < -0.4 is 4.72 Å². The third-order valence-corrected chi connectivity index (χ3v) is 4.24. The number of sulfonamides is 1. The highest BCUT2D eigenvalue weighted by molar-refractivity contribution is 7.89. The van der Waals surface area contributed by atoms with Gasteiger partial charge < -0.3 is 5.11 Å². The molecule has 0 radical (unpaired) electrons. The maximum Gasteiger partial charge on any atom is 0.240 e. The van der Waals surface area contributed by atoms with Gasteiger partial charge in [-0.05, 0) is 24.1 Å². The van der Waals surface area contributed by atoms with E-state index in [9.17, 15) is 12.8 Å². The number of aliphatic hydroxyl groups is 1. The highest BCUT2D eigenvalue weighted by Gasteiger charge is 2.16. The van der Waals surface area contributed by atoms with Crippen molar-refractivity contribution in [2.75, 3.05) is 6.54 Å². The van der Waals surface area contributed by atoms with Gasteiger partial charge in [-0.15, -0.1) is 0 Å². The molecule has 2 N–H and O–H groups in total. The second kappa shape index (κ2) is 6.26. The number of hydrogen-bond acceptors (Lipinski definition) is 3. The van der Waals surface area contributed by atoms with Gasteiger partial charge in [-0.25, -0.2) is 17.5 Å². The van der Waals surface area contributed by atoms with Crippen LogP contribution in [0.4, 0.5) is 4.39 Å². The van der Waals surface area contributed by atoms with Gasteiger partial charge in [0.2, 0.25) is 10.0 Å². The van der Waals surface area contributed by atoms with Crippen molar-refractivity contribution in [3.63, 3.8) is 0 Å². The van der Waals surface area contributed by atoms with Gasteiger partial charge >= 0.3 is 0 Å². The lowest BCUT2D eigenvalue weighted by molar-refractivity contribution is 0.275. The molecule has 0 aliphatic carbocycles. The molecule has 6 heteroatoms. The zero-order chi connectivity index (χ0) is 13.8. The highest BCUT2D eigenvalue weighted by atomic mass is 32.2. The molecule has 1 unspecified atom stereocenters. The molecule has 1 rings (SSSR count). The average Bonchev–Trinajstić information content (AvgIpc) is 2.36. The molecule has 0 fully saturated rings. The first-order valence-electron chi connectivity index (χ1n) is 5.79. The summed E-state index contributed by atoms with van der Waals surface area (Å²) in [6.45, 7) is 3.72. The molecule has 1 atom stereocenters. The van der Waals surface area contributed by atoms with E-state index in [1.165, 1.54) is 6.07 Å². The van der Waals surface area contributed by atoms with Crippen LogP contribution in [0, 0.1) is 11.7 Å². The first-order valence-corrected chi connectivity index (χ1v) is 7.28. The summed E-state index contributed by atoms with van der Waals surface area (Å²) in [6, 6.07) is 3.38. The molecule has 18 heavy (non-hydrogen) atoms. The number of aliphatic hydroxyl groups excluding tert-OH is 1. The smallest absolute Gasteiger partial charge is 0.240 e. The standard InChI is InChI=1S/C12H18FNO3S/c1-3-9(2)7-14-18(16,17)11-4-5-12(13)10(6-11)8-15/h4-6,9,14-15H,3,7-8H2,1-2H3. The number of halogens is 1. The molecule has 0 saturated heterocycles. The topological polar surface area (TPSA) is 66.4 Å². The molecule has 0 aromatic heterocycles. The quantitative estimate of drug-likeness (QED) is 0.829. The normalized spacial score (nSPS) is 13.6. The lowest BCUT2D eigenvalue weighted by Crippen LogP contribution is -2.28. The monoisotopic (exact) mass is 275 g/mol. The van der Waals surface area contributed by atoms with Crippen LogP contribution in [0.25, 0.3) is 0 Å². The molecular weight excluding hydrogens is 257 g/mol. The number of hydrogen-bond donors (Lipinski definition) is 2. The van der Waals surface area contributed by atoms with Crippen LogP contribution in [-0.4, -0.2) is 20.1 Å². The largest absolute Gasteiger partial charge is 0.392 e. The summed E-state index contributed by atoms with van der Waals surface area (Å²) in [6.07, 6.45) is 0.869. The van der Waals surface area contributed by atoms with Gasteiger partial charge in [-0.3, -0.25) is 0 Å².